The molecule has 0 bridgehead atoms. The number of hydrogen-bond donors (Lipinski definition) is 2. The molecule has 1 aromatic carbocycles. The summed E-state index contributed by atoms with van der Waals surface area (Å²) < 4.78 is 0. The third-order valence-corrected chi connectivity index (χ3v) is 4.99. The van der Waals surface area contributed by atoms with Gasteiger partial charge in [0, 0.05) is 12.1 Å². The van der Waals surface area contributed by atoms with Gasteiger partial charge in [-0.2, -0.15) is 0 Å². The highest BCUT2D eigenvalue weighted by Gasteiger charge is 2.52. The average molecular weight is 344 g/mol. The van der Waals surface area contributed by atoms with Crippen molar-refractivity contribution in [3.05, 3.63) is 33.8 Å². The molecule has 1 aliphatic heterocycles. The minimum absolute atomic E-state index is 0.134. The van der Waals surface area contributed by atoms with Gasteiger partial charge in [0.25, 0.3) is 0 Å². The number of Topliss-reactive ketones (excluding diaryl/α,β-unsaturated/α-hetero) is 1. The largest absolute Gasteiger partial charge is 0.437 e. The predicted molar refractivity (Wildman–Crippen MR) is 89.6 cm³/mol. The van der Waals surface area contributed by atoms with Gasteiger partial charge >= 0.3 is 7.05 Å². The normalized spacial score (nSPS) is 25.5. The molecule has 0 amide bonds. The van der Waals surface area contributed by atoms with Gasteiger partial charge in [0.05, 0.1) is 21.7 Å². The van der Waals surface area contributed by atoms with Crippen LogP contribution >= 0.6 is 23.2 Å². The second-order valence-corrected chi connectivity index (χ2v) is 6.70. The zero-order valence-corrected chi connectivity index (χ0v) is 14.2. The molecule has 1 unspecified atom stereocenters. The van der Waals surface area contributed by atoms with E-state index in [4.69, 9.17) is 23.2 Å². The van der Waals surface area contributed by atoms with Gasteiger partial charge in [-0.1, -0.05) is 36.5 Å². The maximum absolute atomic E-state index is 13.1. The summed E-state index contributed by atoms with van der Waals surface area (Å²) in [5, 5.41) is 20.8. The Kier molecular flexibility index (Phi) is 5.56. The van der Waals surface area contributed by atoms with E-state index < -0.39 is 18.7 Å². The number of halogens is 2. The fraction of sp³-hybridized carbons (Fsp3) is 0.533. The number of aliphatic hydroxyl groups excluding tert-OH is 1. The van der Waals surface area contributed by atoms with Crippen molar-refractivity contribution in [1.29, 1.82) is 0 Å². The molecule has 0 aromatic heterocycles. The molecule has 2 N–H and O–H groups in total. The van der Waals surface area contributed by atoms with E-state index >= 15 is 0 Å². The third-order valence-electron chi connectivity index (χ3n) is 4.25. The molecule has 7 heteroatoms. The Bertz CT molecular complexity index is 570. The molecular formula is C15H20BCl2NO3. The zero-order chi connectivity index (χ0) is 16.5. The first-order chi connectivity index (χ1) is 10.3. The van der Waals surface area contributed by atoms with Crippen LogP contribution in [0.3, 0.4) is 0 Å². The predicted octanol–water partition coefficient (Wildman–Crippen LogP) is 2.89. The fourth-order valence-corrected chi connectivity index (χ4v) is 3.68. The molecule has 0 spiro atoms. The van der Waals surface area contributed by atoms with E-state index in [1.54, 1.807) is 29.8 Å². The molecular weight excluding hydrogens is 324 g/mol. The van der Waals surface area contributed by atoms with Crippen LogP contribution in [0.1, 0.15) is 36.5 Å². The van der Waals surface area contributed by atoms with E-state index in [1.807, 2.05) is 6.92 Å². The summed E-state index contributed by atoms with van der Waals surface area (Å²) in [6.07, 6.45) is 1.01. The summed E-state index contributed by atoms with van der Waals surface area (Å²) in [5.41, 5.74) is -0.456. The smallest absolute Gasteiger partial charge is 0.377 e. The van der Waals surface area contributed by atoms with Gasteiger partial charge in [-0.05, 0) is 37.9 Å². The lowest BCUT2D eigenvalue weighted by atomic mass is 9.74. The van der Waals surface area contributed by atoms with Crippen LogP contribution in [-0.4, -0.2) is 46.0 Å². The van der Waals surface area contributed by atoms with Crippen molar-refractivity contribution in [1.82, 2.24) is 4.81 Å². The standard InChI is InChI=1S/C15H20BCl2NO3/c1-3-6-15(8-11(20)9-19(15)16(2)22)14(21)10-4-5-12(17)13(18)7-10/h4-5,7,11,20,22H,3,6,8-9H2,1-2H3/t11-,15?/m1/s1. The van der Waals surface area contributed by atoms with Crippen LogP contribution < -0.4 is 0 Å². The van der Waals surface area contributed by atoms with Crippen LogP contribution in [0.25, 0.3) is 0 Å². The van der Waals surface area contributed by atoms with Gasteiger partial charge in [-0.15, -0.1) is 0 Å². The molecule has 1 aliphatic rings. The maximum atomic E-state index is 13.1. The lowest BCUT2D eigenvalue weighted by molar-refractivity contribution is 0.0744. The van der Waals surface area contributed by atoms with Crippen molar-refractivity contribution in [2.24, 2.45) is 0 Å². The van der Waals surface area contributed by atoms with Crippen molar-refractivity contribution < 1.29 is 14.9 Å². The first kappa shape index (κ1) is 17.8. The van der Waals surface area contributed by atoms with Gasteiger partial charge in [-0.25, -0.2) is 0 Å². The minimum Gasteiger partial charge on any atom is -0.437 e. The van der Waals surface area contributed by atoms with Gasteiger partial charge < -0.3 is 14.9 Å². The van der Waals surface area contributed by atoms with E-state index in [2.05, 4.69) is 0 Å². The Balaban J connectivity index is 2.45. The molecule has 120 valence electrons. The summed E-state index contributed by atoms with van der Waals surface area (Å²) in [6, 6.07) is 4.78. The summed E-state index contributed by atoms with van der Waals surface area (Å²) in [6.45, 7) is 3.88. The van der Waals surface area contributed by atoms with Crippen molar-refractivity contribution >= 4 is 36.0 Å². The number of benzene rings is 1. The number of nitrogens with zero attached hydrogens (tertiary/aromatic N) is 1. The number of carbonyl (C=O) groups is 1. The Morgan fingerprint density at radius 2 is 2.14 bits per heavy atom. The first-order valence-electron chi connectivity index (χ1n) is 7.44. The Labute approximate surface area is 141 Å². The second-order valence-electron chi connectivity index (χ2n) is 5.88. The molecule has 0 radical (unpaired) electrons. The van der Waals surface area contributed by atoms with Gasteiger partial charge in [0.15, 0.2) is 5.78 Å². The summed E-state index contributed by atoms with van der Waals surface area (Å²) in [4.78, 5) is 14.8. The first-order valence-corrected chi connectivity index (χ1v) is 8.20. The number of aliphatic hydroxyl groups is 1. The van der Waals surface area contributed by atoms with Crippen LogP contribution in [0.5, 0.6) is 0 Å². The van der Waals surface area contributed by atoms with Gasteiger partial charge in [0.2, 0.25) is 0 Å². The van der Waals surface area contributed by atoms with Gasteiger partial charge in [0.1, 0.15) is 0 Å². The Hall–Kier alpha value is -0.585. The van der Waals surface area contributed by atoms with Crippen molar-refractivity contribution in [3.8, 4) is 0 Å². The summed E-state index contributed by atoms with van der Waals surface area (Å²) >= 11 is 11.9. The molecule has 1 fully saturated rings. The molecule has 2 rings (SSSR count). The Morgan fingerprint density at radius 3 is 2.68 bits per heavy atom. The molecule has 1 aromatic rings. The number of rotatable bonds is 5. The topological polar surface area (TPSA) is 60.8 Å². The highest BCUT2D eigenvalue weighted by atomic mass is 35.5. The lowest BCUT2D eigenvalue weighted by Gasteiger charge is -2.38. The molecule has 22 heavy (non-hydrogen) atoms. The number of β-amino-alcohol motifs (C(OH)–C–C–N with tert-alkyl or cyclic N) is 1. The molecule has 2 atom stereocenters. The number of ketones is 1. The second kappa shape index (κ2) is 6.89. The van der Waals surface area contributed by atoms with Crippen molar-refractivity contribution in [2.45, 2.75) is 44.7 Å². The van der Waals surface area contributed by atoms with E-state index in [1.165, 1.54) is 0 Å². The quantitative estimate of drug-likeness (QED) is 0.637. The fourth-order valence-electron chi connectivity index (χ4n) is 3.39. The monoisotopic (exact) mass is 343 g/mol. The van der Waals surface area contributed by atoms with Gasteiger partial charge in [-0.3, -0.25) is 4.79 Å². The van der Waals surface area contributed by atoms with Crippen LogP contribution in [0, 0.1) is 0 Å². The van der Waals surface area contributed by atoms with E-state index in [-0.39, 0.29) is 12.3 Å². The lowest BCUT2D eigenvalue weighted by Crippen LogP contribution is -2.55. The van der Waals surface area contributed by atoms with Crippen molar-refractivity contribution in [3.63, 3.8) is 0 Å². The molecule has 4 nitrogen and oxygen atoms in total. The summed E-state index contributed by atoms with van der Waals surface area (Å²) in [7, 11) is -0.810. The summed E-state index contributed by atoms with van der Waals surface area (Å²) in [5.74, 6) is -0.134. The van der Waals surface area contributed by atoms with Crippen LogP contribution in [0.2, 0.25) is 16.9 Å². The average Bonchev–Trinajstić information content (AvgIpc) is 2.79. The van der Waals surface area contributed by atoms with Crippen LogP contribution in [-0.2, 0) is 0 Å². The van der Waals surface area contributed by atoms with E-state index in [0.29, 0.717) is 28.5 Å². The Morgan fingerprint density at radius 1 is 1.45 bits per heavy atom. The molecule has 1 heterocycles. The molecule has 0 aliphatic carbocycles. The number of hydrogen-bond acceptors (Lipinski definition) is 4. The van der Waals surface area contributed by atoms with Crippen LogP contribution in [0.15, 0.2) is 18.2 Å². The highest BCUT2D eigenvalue weighted by Crippen LogP contribution is 2.38. The molecule has 0 saturated carbocycles. The third kappa shape index (κ3) is 3.19. The minimum atomic E-state index is -0.903. The van der Waals surface area contributed by atoms with Crippen molar-refractivity contribution in [2.75, 3.05) is 6.54 Å². The van der Waals surface area contributed by atoms with E-state index in [9.17, 15) is 14.9 Å². The molecule has 1 saturated heterocycles. The van der Waals surface area contributed by atoms with Crippen LogP contribution in [0.4, 0.5) is 0 Å². The maximum Gasteiger partial charge on any atom is 0.377 e. The van der Waals surface area contributed by atoms with E-state index in [0.717, 1.165) is 6.42 Å². The highest BCUT2D eigenvalue weighted by molar-refractivity contribution is 6.46. The SMILES string of the molecule is CCCC1(C(=O)c2ccc(Cl)c(Cl)c2)C[C@@H](O)CN1B(C)O. The number of carbonyl (C=O) groups excluding carboxylic acids is 1. The zero-order valence-electron chi connectivity index (χ0n) is 12.7.